The van der Waals surface area contributed by atoms with Gasteiger partial charge in [0.05, 0.1) is 0 Å². The van der Waals surface area contributed by atoms with E-state index in [2.05, 4.69) is 11.8 Å². The minimum Gasteiger partial charge on any atom is -0.376 e. The Bertz CT molecular complexity index is 574. The molecule has 2 aromatic rings. The molecule has 0 amide bonds. The number of aliphatic hydroxyl groups is 1. The van der Waals surface area contributed by atoms with Gasteiger partial charge in [-0.05, 0) is 17.7 Å². The van der Waals surface area contributed by atoms with Crippen LogP contribution in [0.15, 0.2) is 54.6 Å². The smallest absolute Gasteiger partial charge is 0.150 e. The van der Waals surface area contributed by atoms with E-state index < -0.39 is 6.10 Å². The summed E-state index contributed by atoms with van der Waals surface area (Å²) in [5.74, 6) is 5.67. The van der Waals surface area contributed by atoms with Gasteiger partial charge in [-0.3, -0.25) is 4.79 Å². The lowest BCUT2D eigenvalue weighted by atomic mass is 10.1. The second-order valence-electron chi connectivity index (χ2n) is 3.82. The van der Waals surface area contributed by atoms with Crippen LogP contribution in [0.3, 0.4) is 0 Å². The third kappa shape index (κ3) is 3.07. The topological polar surface area (TPSA) is 37.3 Å². The quantitative estimate of drug-likeness (QED) is 0.642. The monoisotopic (exact) mass is 236 g/mol. The molecule has 0 aromatic heterocycles. The third-order valence-corrected chi connectivity index (χ3v) is 2.52. The lowest BCUT2D eigenvalue weighted by Gasteiger charge is -2.03. The summed E-state index contributed by atoms with van der Waals surface area (Å²) >= 11 is 0. The van der Waals surface area contributed by atoms with Gasteiger partial charge in [-0.1, -0.05) is 54.3 Å². The molecule has 0 aliphatic carbocycles. The first kappa shape index (κ1) is 12.1. The van der Waals surface area contributed by atoms with Crippen molar-refractivity contribution < 1.29 is 9.90 Å². The predicted molar refractivity (Wildman–Crippen MR) is 70.1 cm³/mol. The Kier molecular flexibility index (Phi) is 3.90. The highest BCUT2D eigenvalue weighted by atomic mass is 16.3. The second kappa shape index (κ2) is 5.81. The van der Waals surface area contributed by atoms with Crippen LogP contribution in [0.5, 0.6) is 0 Å². The molecule has 2 nitrogen and oxygen atoms in total. The fourth-order valence-corrected chi connectivity index (χ4v) is 1.51. The molecule has 0 aliphatic heterocycles. The fourth-order valence-electron chi connectivity index (χ4n) is 1.51. The van der Waals surface area contributed by atoms with Crippen LogP contribution in [0.4, 0.5) is 0 Å². The van der Waals surface area contributed by atoms with Crippen LogP contribution < -0.4 is 0 Å². The second-order valence-corrected chi connectivity index (χ2v) is 3.82. The van der Waals surface area contributed by atoms with Gasteiger partial charge in [0.1, 0.15) is 12.4 Å². The number of hydrogen-bond donors (Lipinski definition) is 1. The average Bonchev–Trinajstić information content (AvgIpc) is 2.46. The number of aliphatic hydroxyl groups excluding tert-OH is 1. The van der Waals surface area contributed by atoms with Crippen LogP contribution in [0.1, 0.15) is 27.6 Å². The number of rotatable bonds is 2. The summed E-state index contributed by atoms with van der Waals surface area (Å²) in [6, 6.07) is 16.2. The lowest BCUT2D eigenvalue weighted by molar-refractivity contribution is 0.112. The summed E-state index contributed by atoms with van der Waals surface area (Å²) in [4.78, 5) is 10.5. The van der Waals surface area contributed by atoms with Crippen molar-refractivity contribution in [2.45, 2.75) is 6.10 Å². The van der Waals surface area contributed by atoms with Gasteiger partial charge in [-0.2, -0.15) is 0 Å². The molecule has 1 N–H and O–H groups in total. The Morgan fingerprint density at radius 2 is 1.67 bits per heavy atom. The maximum atomic E-state index is 10.5. The molecule has 0 spiro atoms. The van der Waals surface area contributed by atoms with Crippen LogP contribution in [0, 0.1) is 11.8 Å². The van der Waals surface area contributed by atoms with E-state index in [0.717, 1.165) is 11.8 Å². The standard InChI is InChI=1S/C16H12O2/c17-12-14-6-9-15(10-7-14)16(18)11-8-13-4-2-1-3-5-13/h1-7,9-10,12,16,18H. The van der Waals surface area contributed by atoms with Crippen LogP contribution in [0.2, 0.25) is 0 Å². The molecule has 2 heteroatoms. The molecule has 18 heavy (non-hydrogen) atoms. The molecular formula is C16H12O2. The molecule has 0 aliphatic rings. The molecule has 1 unspecified atom stereocenters. The average molecular weight is 236 g/mol. The normalized spacial score (nSPS) is 11.2. The van der Waals surface area contributed by atoms with E-state index in [-0.39, 0.29) is 0 Å². The summed E-state index contributed by atoms with van der Waals surface area (Å²) in [6.07, 6.45) is -0.0721. The third-order valence-electron chi connectivity index (χ3n) is 2.52. The molecule has 0 heterocycles. The van der Waals surface area contributed by atoms with Crippen molar-refractivity contribution >= 4 is 6.29 Å². The van der Waals surface area contributed by atoms with Gasteiger partial charge in [0, 0.05) is 11.1 Å². The van der Waals surface area contributed by atoms with E-state index in [1.165, 1.54) is 0 Å². The van der Waals surface area contributed by atoms with Crippen molar-refractivity contribution in [3.8, 4) is 11.8 Å². The highest BCUT2D eigenvalue weighted by Crippen LogP contribution is 2.12. The van der Waals surface area contributed by atoms with Crippen molar-refractivity contribution in [2.75, 3.05) is 0 Å². The van der Waals surface area contributed by atoms with Crippen LogP contribution in [0.25, 0.3) is 0 Å². The Morgan fingerprint density at radius 3 is 2.28 bits per heavy atom. The molecule has 0 radical (unpaired) electrons. The minimum atomic E-state index is -0.842. The maximum absolute atomic E-state index is 10.5. The zero-order chi connectivity index (χ0) is 12.8. The lowest BCUT2D eigenvalue weighted by Crippen LogP contribution is -1.94. The summed E-state index contributed by atoms with van der Waals surface area (Å²) in [7, 11) is 0. The fraction of sp³-hybridized carbons (Fsp3) is 0.0625. The van der Waals surface area contributed by atoms with Crippen molar-refractivity contribution in [3.63, 3.8) is 0 Å². The van der Waals surface area contributed by atoms with E-state index in [4.69, 9.17) is 0 Å². The summed E-state index contributed by atoms with van der Waals surface area (Å²) < 4.78 is 0. The summed E-state index contributed by atoms with van der Waals surface area (Å²) in [6.45, 7) is 0. The number of aldehydes is 1. The van der Waals surface area contributed by atoms with Crippen molar-refractivity contribution in [1.82, 2.24) is 0 Å². The number of carbonyl (C=O) groups excluding carboxylic acids is 1. The predicted octanol–water partition coefficient (Wildman–Crippen LogP) is 2.58. The summed E-state index contributed by atoms with van der Waals surface area (Å²) in [5, 5.41) is 9.88. The van der Waals surface area contributed by atoms with Gasteiger partial charge < -0.3 is 5.11 Å². The Labute approximate surface area is 106 Å². The molecule has 0 fully saturated rings. The number of carbonyl (C=O) groups is 1. The molecular weight excluding hydrogens is 224 g/mol. The van der Waals surface area contributed by atoms with Crippen LogP contribution in [-0.4, -0.2) is 11.4 Å². The largest absolute Gasteiger partial charge is 0.376 e. The van der Waals surface area contributed by atoms with Gasteiger partial charge >= 0.3 is 0 Å². The minimum absolute atomic E-state index is 0.585. The zero-order valence-corrected chi connectivity index (χ0v) is 9.71. The van der Waals surface area contributed by atoms with E-state index in [9.17, 15) is 9.90 Å². The van der Waals surface area contributed by atoms with E-state index in [1.807, 2.05) is 30.3 Å². The van der Waals surface area contributed by atoms with Gasteiger partial charge in [0.2, 0.25) is 0 Å². The zero-order valence-electron chi connectivity index (χ0n) is 9.71. The van der Waals surface area contributed by atoms with Crippen LogP contribution >= 0.6 is 0 Å². The Morgan fingerprint density at radius 1 is 1.00 bits per heavy atom. The van der Waals surface area contributed by atoms with Crippen molar-refractivity contribution in [1.29, 1.82) is 0 Å². The molecule has 88 valence electrons. The van der Waals surface area contributed by atoms with Gasteiger partial charge in [-0.25, -0.2) is 0 Å². The molecule has 0 bridgehead atoms. The molecule has 1 atom stereocenters. The van der Waals surface area contributed by atoms with E-state index in [1.54, 1.807) is 24.3 Å². The maximum Gasteiger partial charge on any atom is 0.150 e. The molecule has 0 saturated heterocycles. The van der Waals surface area contributed by atoms with E-state index >= 15 is 0 Å². The molecule has 2 aromatic carbocycles. The molecule has 0 saturated carbocycles. The Hall–Kier alpha value is -2.37. The Balaban J connectivity index is 2.14. The SMILES string of the molecule is O=Cc1ccc(C(O)C#Cc2ccccc2)cc1. The van der Waals surface area contributed by atoms with E-state index in [0.29, 0.717) is 11.1 Å². The van der Waals surface area contributed by atoms with Crippen molar-refractivity contribution in [2.24, 2.45) is 0 Å². The first-order chi connectivity index (χ1) is 8.79. The van der Waals surface area contributed by atoms with Gasteiger partial charge in [0.25, 0.3) is 0 Å². The number of benzene rings is 2. The van der Waals surface area contributed by atoms with Gasteiger partial charge in [-0.15, -0.1) is 0 Å². The van der Waals surface area contributed by atoms with Crippen molar-refractivity contribution in [3.05, 3.63) is 71.3 Å². The first-order valence-electron chi connectivity index (χ1n) is 5.59. The highest BCUT2D eigenvalue weighted by molar-refractivity contribution is 5.74. The highest BCUT2D eigenvalue weighted by Gasteiger charge is 2.02. The number of hydrogen-bond acceptors (Lipinski definition) is 2. The van der Waals surface area contributed by atoms with Gasteiger partial charge in [0.15, 0.2) is 0 Å². The van der Waals surface area contributed by atoms with Crippen LogP contribution in [-0.2, 0) is 0 Å². The first-order valence-corrected chi connectivity index (χ1v) is 5.59. The summed E-state index contributed by atoms with van der Waals surface area (Å²) in [5.41, 5.74) is 2.13. The molecule has 2 rings (SSSR count).